The Balaban J connectivity index is 1.60. The minimum atomic E-state index is -0.424. The number of esters is 1. The lowest BCUT2D eigenvalue weighted by Crippen LogP contribution is -2.26. The summed E-state index contributed by atoms with van der Waals surface area (Å²) in [7, 11) is 0. The van der Waals surface area contributed by atoms with Crippen molar-refractivity contribution in [1.29, 1.82) is 0 Å². The molecule has 0 saturated heterocycles. The first kappa shape index (κ1) is 17.0. The molecule has 0 aromatic heterocycles. The van der Waals surface area contributed by atoms with Gasteiger partial charge in [0.15, 0.2) is 0 Å². The van der Waals surface area contributed by atoms with Crippen molar-refractivity contribution in [3.8, 4) is 0 Å². The Morgan fingerprint density at radius 2 is 1.88 bits per heavy atom. The maximum atomic E-state index is 12.3. The molecule has 130 valence electrons. The number of nitrogens with zero attached hydrogens (tertiary/aromatic N) is 1. The highest BCUT2D eigenvalue weighted by Gasteiger charge is 2.19. The summed E-state index contributed by atoms with van der Waals surface area (Å²) in [5.41, 5.74) is 3.41. The molecule has 1 aliphatic heterocycles. The van der Waals surface area contributed by atoms with Gasteiger partial charge in [0.2, 0.25) is 5.91 Å². The van der Waals surface area contributed by atoms with E-state index in [1.807, 2.05) is 12.1 Å². The number of rotatable bonds is 6. The van der Waals surface area contributed by atoms with Gasteiger partial charge in [-0.2, -0.15) is 0 Å². The molecule has 2 aromatic carbocycles. The molecule has 1 heterocycles. The monoisotopic (exact) mass is 338 g/mol. The number of anilines is 2. The molecule has 0 aliphatic carbocycles. The third kappa shape index (κ3) is 3.99. The summed E-state index contributed by atoms with van der Waals surface area (Å²) >= 11 is 0. The Morgan fingerprint density at radius 1 is 1.12 bits per heavy atom. The van der Waals surface area contributed by atoms with E-state index in [0.717, 1.165) is 13.0 Å². The molecule has 5 heteroatoms. The molecule has 1 N–H and O–H groups in total. The second-order valence-electron chi connectivity index (χ2n) is 5.93. The van der Waals surface area contributed by atoms with Gasteiger partial charge in [-0.05, 0) is 37.1 Å². The molecule has 0 fully saturated rings. The van der Waals surface area contributed by atoms with Gasteiger partial charge < -0.3 is 15.0 Å². The van der Waals surface area contributed by atoms with Crippen LogP contribution in [0.3, 0.4) is 0 Å². The molecule has 0 bridgehead atoms. The van der Waals surface area contributed by atoms with Crippen molar-refractivity contribution < 1.29 is 14.3 Å². The van der Waals surface area contributed by atoms with E-state index in [1.54, 1.807) is 31.2 Å². The van der Waals surface area contributed by atoms with E-state index in [1.165, 1.54) is 11.3 Å². The van der Waals surface area contributed by atoms with Crippen molar-refractivity contribution in [3.05, 3.63) is 59.7 Å². The average Bonchev–Trinajstić information content (AvgIpc) is 3.04. The molecule has 0 radical (unpaired) electrons. The third-order valence-corrected chi connectivity index (χ3v) is 4.29. The molecule has 25 heavy (non-hydrogen) atoms. The minimum Gasteiger partial charge on any atom is -0.462 e. The minimum absolute atomic E-state index is 0.110. The molecular weight excluding hydrogens is 316 g/mol. The lowest BCUT2D eigenvalue weighted by atomic mass is 10.1. The van der Waals surface area contributed by atoms with Gasteiger partial charge in [-0.25, -0.2) is 4.79 Å². The molecule has 1 amide bonds. The van der Waals surface area contributed by atoms with Gasteiger partial charge >= 0.3 is 5.97 Å². The highest BCUT2D eigenvalue weighted by atomic mass is 16.5. The van der Waals surface area contributed by atoms with Gasteiger partial charge in [0.05, 0.1) is 17.9 Å². The third-order valence-electron chi connectivity index (χ3n) is 4.29. The number of nitrogens with one attached hydrogen (secondary N) is 1. The zero-order chi connectivity index (χ0) is 17.6. The van der Waals surface area contributed by atoms with Crippen molar-refractivity contribution in [1.82, 2.24) is 0 Å². The number of hydrogen-bond acceptors (Lipinski definition) is 4. The maximum absolute atomic E-state index is 12.3. The van der Waals surface area contributed by atoms with E-state index in [4.69, 9.17) is 4.74 Å². The standard InChI is InChI=1S/C20H22N2O3/c1-2-25-20(24)16-8-4-5-9-17(16)21-19(23)12-14-22-13-11-15-7-3-6-10-18(15)22/h3-10H,2,11-14H2,1H3,(H,21,23). The molecule has 5 nitrogen and oxygen atoms in total. The number of ether oxygens (including phenoxy) is 1. The topological polar surface area (TPSA) is 58.6 Å². The number of benzene rings is 2. The van der Waals surface area contributed by atoms with E-state index in [0.29, 0.717) is 30.8 Å². The van der Waals surface area contributed by atoms with E-state index in [9.17, 15) is 9.59 Å². The summed E-state index contributed by atoms with van der Waals surface area (Å²) in [6.07, 6.45) is 1.38. The van der Waals surface area contributed by atoms with Crippen LogP contribution in [0.5, 0.6) is 0 Å². The summed E-state index contributed by atoms with van der Waals surface area (Å²) in [6, 6.07) is 15.2. The fourth-order valence-electron chi connectivity index (χ4n) is 3.07. The highest BCUT2D eigenvalue weighted by molar-refractivity contribution is 6.01. The number of carbonyl (C=O) groups is 2. The average molecular weight is 338 g/mol. The number of para-hydroxylation sites is 2. The number of fused-ring (bicyclic) bond motifs is 1. The van der Waals surface area contributed by atoms with Gasteiger partial charge in [-0.1, -0.05) is 30.3 Å². The molecule has 0 unspecified atom stereocenters. The predicted octanol–water partition coefficient (Wildman–Crippen LogP) is 3.25. The molecule has 0 saturated carbocycles. The van der Waals surface area contributed by atoms with Crippen molar-refractivity contribution in [2.75, 3.05) is 29.9 Å². The molecule has 0 spiro atoms. The van der Waals surface area contributed by atoms with E-state index < -0.39 is 5.97 Å². The van der Waals surface area contributed by atoms with Crippen LogP contribution in [0.15, 0.2) is 48.5 Å². The fourth-order valence-corrected chi connectivity index (χ4v) is 3.07. The molecule has 2 aromatic rings. The first-order valence-electron chi connectivity index (χ1n) is 8.58. The number of carbonyl (C=O) groups excluding carboxylic acids is 2. The number of amides is 1. The summed E-state index contributed by atoms with van der Waals surface area (Å²) in [6.45, 7) is 3.65. The van der Waals surface area contributed by atoms with Crippen LogP contribution in [0.25, 0.3) is 0 Å². The van der Waals surface area contributed by atoms with Crippen LogP contribution in [0.1, 0.15) is 29.3 Å². The summed E-state index contributed by atoms with van der Waals surface area (Å²) < 4.78 is 5.03. The zero-order valence-electron chi connectivity index (χ0n) is 14.3. The highest BCUT2D eigenvalue weighted by Crippen LogP contribution is 2.27. The molecule has 0 atom stereocenters. The number of hydrogen-bond donors (Lipinski definition) is 1. The first-order chi connectivity index (χ1) is 12.2. The van der Waals surface area contributed by atoms with Crippen molar-refractivity contribution >= 4 is 23.3 Å². The molecular formula is C20H22N2O3. The first-order valence-corrected chi connectivity index (χ1v) is 8.58. The van der Waals surface area contributed by atoms with Crippen molar-refractivity contribution in [3.63, 3.8) is 0 Å². The Morgan fingerprint density at radius 3 is 2.72 bits per heavy atom. The van der Waals surface area contributed by atoms with E-state index >= 15 is 0 Å². The summed E-state index contributed by atoms with van der Waals surface area (Å²) in [4.78, 5) is 26.5. The van der Waals surface area contributed by atoms with Crippen LogP contribution < -0.4 is 10.2 Å². The van der Waals surface area contributed by atoms with Crippen molar-refractivity contribution in [2.24, 2.45) is 0 Å². The fraction of sp³-hybridized carbons (Fsp3) is 0.300. The van der Waals surface area contributed by atoms with Gasteiger partial charge in [-0.3, -0.25) is 4.79 Å². The van der Waals surface area contributed by atoms with Gasteiger partial charge in [0.1, 0.15) is 0 Å². The van der Waals surface area contributed by atoms with E-state index in [-0.39, 0.29) is 5.91 Å². The second kappa shape index (κ2) is 7.83. The van der Waals surface area contributed by atoms with E-state index in [2.05, 4.69) is 22.3 Å². The van der Waals surface area contributed by atoms with Crippen LogP contribution in [0.2, 0.25) is 0 Å². The largest absolute Gasteiger partial charge is 0.462 e. The maximum Gasteiger partial charge on any atom is 0.340 e. The van der Waals surface area contributed by atoms with Crippen LogP contribution in [-0.2, 0) is 16.0 Å². The van der Waals surface area contributed by atoms with Gasteiger partial charge in [0.25, 0.3) is 0 Å². The van der Waals surface area contributed by atoms with Gasteiger partial charge in [-0.15, -0.1) is 0 Å². The van der Waals surface area contributed by atoms with Crippen LogP contribution >= 0.6 is 0 Å². The van der Waals surface area contributed by atoms with Crippen LogP contribution in [-0.4, -0.2) is 31.6 Å². The Bertz CT molecular complexity index is 773. The Hall–Kier alpha value is -2.82. The smallest absolute Gasteiger partial charge is 0.340 e. The summed E-state index contributed by atoms with van der Waals surface area (Å²) in [5, 5.41) is 2.83. The summed E-state index contributed by atoms with van der Waals surface area (Å²) in [5.74, 6) is -0.534. The zero-order valence-corrected chi connectivity index (χ0v) is 14.3. The normalized spacial score (nSPS) is 12.6. The quantitative estimate of drug-likeness (QED) is 0.822. The van der Waals surface area contributed by atoms with Crippen molar-refractivity contribution in [2.45, 2.75) is 19.8 Å². The molecule has 3 rings (SSSR count). The SMILES string of the molecule is CCOC(=O)c1ccccc1NC(=O)CCN1CCc2ccccc21. The predicted molar refractivity (Wildman–Crippen MR) is 98.0 cm³/mol. The van der Waals surface area contributed by atoms with Gasteiger partial charge in [0, 0.05) is 25.2 Å². The Labute approximate surface area is 147 Å². The van der Waals surface area contributed by atoms with Crippen LogP contribution in [0.4, 0.5) is 11.4 Å². The lowest BCUT2D eigenvalue weighted by Gasteiger charge is -2.19. The van der Waals surface area contributed by atoms with Crippen LogP contribution in [0, 0.1) is 0 Å². The second-order valence-corrected chi connectivity index (χ2v) is 5.93. The molecule has 1 aliphatic rings. The lowest BCUT2D eigenvalue weighted by molar-refractivity contribution is -0.116. The Kier molecular flexibility index (Phi) is 5.33.